The van der Waals surface area contributed by atoms with Crippen LogP contribution < -0.4 is 5.32 Å². The molecule has 3 nitrogen and oxygen atoms in total. The number of nitrogens with one attached hydrogen (secondary N) is 1. The molecule has 0 atom stereocenters. The lowest BCUT2D eigenvalue weighted by Gasteiger charge is -2.08. The summed E-state index contributed by atoms with van der Waals surface area (Å²) in [5, 5.41) is 2.75. The second kappa shape index (κ2) is 5.93. The molecule has 1 amide bonds. The number of hydrogen-bond donors (Lipinski definition) is 1. The van der Waals surface area contributed by atoms with Crippen molar-refractivity contribution in [1.29, 1.82) is 0 Å². The fraction of sp³-hybridized carbons (Fsp3) is 0.143. The number of benzene rings is 1. The highest BCUT2D eigenvalue weighted by Crippen LogP contribution is 2.16. The maximum Gasteiger partial charge on any atom is 0.251 e. The lowest BCUT2D eigenvalue weighted by atomic mass is 10.1. The second-order valence-corrected chi connectivity index (χ2v) is 4.97. The van der Waals surface area contributed by atoms with E-state index < -0.39 is 5.82 Å². The summed E-state index contributed by atoms with van der Waals surface area (Å²) >= 11 is 3.05. The number of carbonyl (C=O) groups is 1. The molecule has 1 heterocycles. The van der Waals surface area contributed by atoms with Crippen molar-refractivity contribution in [3.05, 3.63) is 63.6 Å². The quantitative estimate of drug-likeness (QED) is 0.942. The van der Waals surface area contributed by atoms with E-state index in [-0.39, 0.29) is 5.91 Å². The molecule has 0 radical (unpaired) electrons. The number of halogens is 2. The Hall–Kier alpha value is -1.75. The first-order valence-corrected chi connectivity index (χ1v) is 6.50. The van der Waals surface area contributed by atoms with Gasteiger partial charge in [-0.2, -0.15) is 0 Å². The van der Waals surface area contributed by atoms with Gasteiger partial charge in [0.15, 0.2) is 0 Å². The van der Waals surface area contributed by atoms with Crippen molar-refractivity contribution < 1.29 is 9.18 Å². The average molecular weight is 323 g/mol. The zero-order chi connectivity index (χ0) is 13.8. The fourth-order valence-corrected chi connectivity index (χ4v) is 1.86. The third-order valence-corrected chi connectivity index (χ3v) is 3.40. The molecule has 0 fully saturated rings. The summed E-state index contributed by atoms with van der Waals surface area (Å²) in [5.74, 6) is -0.754. The molecule has 0 aliphatic heterocycles. The fourth-order valence-electron chi connectivity index (χ4n) is 1.62. The van der Waals surface area contributed by atoms with Gasteiger partial charge in [0.25, 0.3) is 5.91 Å². The van der Waals surface area contributed by atoms with Crippen molar-refractivity contribution >= 4 is 21.8 Å². The first-order chi connectivity index (χ1) is 9.08. The van der Waals surface area contributed by atoms with Crippen LogP contribution >= 0.6 is 15.9 Å². The summed E-state index contributed by atoms with van der Waals surface area (Å²) in [6, 6.07) is 6.14. The molecule has 0 aliphatic rings. The van der Waals surface area contributed by atoms with Crippen LogP contribution in [-0.2, 0) is 6.54 Å². The molecule has 2 aromatic rings. The monoisotopic (exact) mass is 322 g/mol. The van der Waals surface area contributed by atoms with Crippen molar-refractivity contribution in [3.8, 4) is 0 Å². The van der Waals surface area contributed by atoms with E-state index in [9.17, 15) is 9.18 Å². The van der Waals surface area contributed by atoms with Gasteiger partial charge >= 0.3 is 0 Å². The van der Waals surface area contributed by atoms with E-state index >= 15 is 0 Å². The molecule has 1 aromatic heterocycles. The molecule has 19 heavy (non-hydrogen) atoms. The number of aryl methyl sites for hydroxylation is 1. The van der Waals surface area contributed by atoms with E-state index in [2.05, 4.69) is 26.2 Å². The maximum absolute atomic E-state index is 13.3. The Morgan fingerprint density at radius 3 is 2.89 bits per heavy atom. The molecular weight excluding hydrogens is 311 g/mol. The van der Waals surface area contributed by atoms with Gasteiger partial charge in [-0.05, 0) is 58.2 Å². The van der Waals surface area contributed by atoms with E-state index in [1.54, 1.807) is 18.5 Å². The van der Waals surface area contributed by atoms with Gasteiger partial charge in [-0.25, -0.2) is 4.39 Å². The largest absolute Gasteiger partial charge is 0.348 e. The van der Waals surface area contributed by atoms with Crippen LogP contribution in [0.2, 0.25) is 0 Å². The third kappa shape index (κ3) is 3.38. The maximum atomic E-state index is 13.3. The second-order valence-electron chi connectivity index (χ2n) is 4.11. The number of hydrogen-bond acceptors (Lipinski definition) is 2. The number of carbonyl (C=O) groups excluding carboxylic acids is 1. The molecule has 98 valence electrons. The third-order valence-electron chi connectivity index (χ3n) is 2.76. The zero-order valence-corrected chi connectivity index (χ0v) is 11.9. The molecular formula is C14H12BrFN2O. The van der Waals surface area contributed by atoms with E-state index in [1.807, 2.05) is 13.0 Å². The Morgan fingerprint density at radius 1 is 1.42 bits per heavy atom. The topological polar surface area (TPSA) is 42.0 Å². The van der Waals surface area contributed by atoms with Crippen LogP contribution in [0.25, 0.3) is 0 Å². The molecule has 0 spiro atoms. The van der Waals surface area contributed by atoms with Crippen LogP contribution in [0, 0.1) is 12.7 Å². The van der Waals surface area contributed by atoms with Crippen molar-refractivity contribution in [3.63, 3.8) is 0 Å². The smallest absolute Gasteiger partial charge is 0.251 e. The summed E-state index contributed by atoms with van der Waals surface area (Å²) in [6.07, 6.45) is 3.41. The first-order valence-electron chi connectivity index (χ1n) is 5.70. The number of aromatic nitrogens is 1. The number of pyridine rings is 1. The molecule has 0 aliphatic carbocycles. The van der Waals surface area contributed by atoms with Gasteiger partial charge in [0.1, 0.15) is 5.82 Å². The summed E-state index contributed by atoms with van der Waals surface area (Å²) in [5.41, 5.74) is 2.29. The Balaban J connectivity index is 2.05. The van der Waals surface area contributed by atoms with Gasteiger partial charge in [-0.15, -0.1) is 0 Å². The van der Waals surface area contributed by atoms with Gasteiger partial charge in [-0.3, -0.25) is 9.78 Å². The van der Waals surface area contributed by atoms with Crippen LogP contribution in [0.3, 0.4) is 0 Å². The number of nitrogens with zero attached hydrogens (tertiary/aromatic N) is 1. The van der Waals surface area contributed by atoms with Crippen LogP contribution in [0.5, 0.6) is 0 Å². The Kier molecular flexibility index (Phi) is 4.27. The minimum Gasteiger partial charge on any atom is -0.348 e. The summed E-state index contributed by atoms with van der Waals surface area (Å²) in [4.78, 5) is 15.9. The molecule has 5 heteroatoms. The number of rotatable bonds is 3. The normalized spacial score (nSPS) is 10.3. The summed E-state index contributed by atoms with van der Waals surface area (Å²) in [7, 11) is 0. The van der Waals surface area contributed by atoms with E-state index in [1.165, 1.54) is 12.1 Å². The average Bonchev–Trinajstić information content (AvgIpc) is 2.40. The molecule has 1 aromatic carbocycles. The van der Waals surface area contributed by atoms with Gasteiger partial charge < -0.3 is 5.32 Å². The van der Waals surface area contributed by atoms with Gasteiger partial charge in [0.05, 0.1) is 4.47 Å². The minimum absolute atomic E-state index is 0.299. The van der Waals surface area contributed by atoms with Gasteiger partial charge in [0.2, 0.25) is 0 Å². The zero-order valence-electron chi connectivity index (χ0n) is 10.3. The summed E-state index contributed by atoms with van der Waals surface area (Å²) in [6.45, 7) is 2.32. The van der Waals surface area contributed by atoms with Crippen LogP contribution in [0.15, 0.2) is 41.1 Å². The standard InChI is InChI=1S/C14H12BrFN2O/c1-9-7-17-5-4-11(9)8-18-14(19)10-2-3-12(15)13(16)6-10/h2-7H,8H2,1H3,(H,18,19). The van der Waals surface area contributed by atoms with Crippen LogP contribution in [-0.4, -0.2) is 10.9 Å². The van der Waals surface area contributed by atoms with Crippen molar-refractivity contribution in [2.75, 3.05) is 0 Å². The van der Waals surface area contributed by atoms with Crippen molar-refractivity contribution in [2.24, 2.45) is 0 Å². The Morgan fingerprint density at radius 2 is 2.21 bits per heavy atom. The molecule has 0 bridgehead atoms. The minimum atomic E-state index is -0.451. The molecule has 0 saturated carbocycles. The van der Waals surface area contributed by atoms with E-state index in [0.717, 1.165) is 11.1 Å². The predicted molar refractivity (Wildman–Crippen MR) is 74.2 cm³/mol. The van der Waals surface area contributed by atoms with Gasteiger partial charge in [0, 0.05) is 24.5 Å². The van der Waals surface area contributed by atoms with E-state index in [0.29, 0.717) is 16.6 Å². The molecule has 2 rings (SSSR count). The Bertz CT molecular complexity index is 616. The highest BCUT2D eigenvalue weighted by Gasteiger charge is 2.08. The summed E-state index contributed by atoms with van der Waals surface area (Å²) < 4.78 is 13.7. The first kappa shape index (κ1) is 13.7. The van der Waals surface area contributed by atoms with E-state index in [4.69, 9.17) is 0 Å². The SMILES string of the molecule is Cc1cnccc1CNC(=O)c1ccc(Br)c(F)c1. The van der Waals surface area contributed by atoms with Crippen LogP contribution in [0.4, 0.5) is 4.39 Å². The number of amides is 1. The predicted octanol–water partition coefficient (Wildman–Crippen LogP) is 3.22. The Labute approximate surface area is 119 Å². The van der Waals surface area contributed by atoms with Crippen LogP contribution in [0.1, 0.15) is 21.5 Å². The highest BCUT2D eigenvalue weighted by molar-refractivity contribution is 9.10. The molecule has 0 unspecified atom stereocenters. The highest BCUT2D eigenvalue weighted by atomic mass is 79.9. The van der Waals surface area contributed by atoms with Crippen molar-refractivity contribution in [1.82, 2.24) is 10.3 Å². The van der Waals surface area contributed by atoms with Crippen molar-refractivity contribution in [2.45, 2.75) is 13.5 Å². The van der Waals surface area contributed by atoms with Gasteiger partial charge in [-0.1, -0.05) is 0 Å². The lowest BCUT2D eigenvalue weighted by molar-refractivity contribution is 0.0950. The molecule has 1 N–H and O–H groups in total. The molecule has 0 saturated heterocycles. The lowest BCUT2D eigenvalue weighted by Crippen LogP contribution is -2.23.